The second-order valence-electron chi connectivity index (χ2n) is 2.60. The summed E-state index contributed by atoms with van der Waals surface area (Å²) in [5.74, 6) is 0. The SMILES string of the molecule is CCn1cnc2c(N)ccnc21. The Kier molecular flexibility index (Phi) is 1.46. The predicted octanol–water partition coefficient (Wildman–Crippen LogP) is 1.03. The number of nitrogens with two attached hydrogens (primary N) is 1. The summed E-state index contributed by atoms with van der Waals surface area (Å²) in [6.07, 6.45) is 3.46. The van der Waals surface area contributed by atoms with Crippen LogP contribution in [0.3, 0.4) is 0 Å². The van der Waals surface area contributed by atoms with Gasteiger partial charge in [0.15, 0.2) is 5.65 Å². The minimum absolute atomic E-state index is 0.687. The standard InChI is InChI=1S/C8H10N4/c1-2-12-5-11-7-6(9)3-4-10-8(7)12/h3-5H,2H2,1H3,(H2,9,10). The van der Waals surface area contributed by atoms with Gasteiger partial charge in [-0.2, -0.15) is 0 Å². The zero-order valence-corrected chi connectivity index (χ0v) is 6.86. The first-order valence-corrected chi connectivity index (χ1v) is 3.88. The molecule has 0 spiro atoms. The molecule has 2 rings (SSSR count). The summed E-state index contributed by atoms with van der Waals surface area (Å²) in [6, 6.07) is 1.76. The van der Waals surface area contributed by atoms with Crippen LogP contribution in [-0.2, 0) is 6.54 Å². The summed E-state index contributed by atoms with van der Waals surface area (Å²) in [5.41, 5.74) is 8.05. The van der Waals surface area contributed by atoms with E-state index >= 15 is 0 Å². The summed E-state index contributed by atoms with van der Waals surface area (Å²) < 4.78 is 1.96. The van der Waals surface area contributed by atoms with E-state index in [1.165, 1.54) is 0 Å². The molecule has 0 fully saturated rings. The van der Waals surface area contributed by atoms with Crippen molar-refractivity contribution in [2.24, 2.45) is 0 Å². The van der Waals surface area contributed by atoms with Crippen LogP contribution < -0.4 is 5.73 Å². The van der Waals surface area contributed by atoms with Gasteiger partial charge in [-0.1, -0.05) is 0 Å². The van der Waals surface area contributed by atoms with Crippen molar-refractivity contribution in [3.05, 3.63) is 18.6 Å². The molecule has 2 aromatic heterocycles. The van der Waals surface area contributed by atoms with Crippen LogP contribution in [0.5, 0.6) is 0 Å². The van der Waals surface area contributed by atoms with Crippen LogP contribution in [0.2, 0.25) is 0 Å². The Bertz CT molecular complexity index is 404. The highest BCUT2D eigenvalue weighted by atomic mass is 15.1. The van der Waals surface area contributed by atoms with Crippen molar-refractivity contribution < 1.29 is 0 Å². The van der Waals surface area contributed by atoms with Gasteiger partial charge >= 0.3 is 0 Å². The Morgan fingerprint density at radius 2 is 2.33 bits per heavy atom. The number of hydrogen-bond acceptors (Lipinski definition) is 3. The molecule has 0 aliphatic heterocycles. The quantitative estimate of drug-likeness (QED) is 0.681. The zero-order chi connectivity index (χ0) is 8.55. The molecule has 2 N–H and O–H groups in total. The van der Waals surface area contributed by atoms with Gasteiger partial charge in [-0.25, -0.2) is 9.97 Å². The number of fused-ring (bicyclic) bond motifs is 1. The van der Waals surface area contributed by atoms with Crippen molar-refractivity contribution in [1.82, 2.24) is 14.5 Å². The van der Waals surface area contributed by atoms with Crippen molar-refractivity contribution >= 4 is 16.9 Å². The van der Waals surface area contributed by atoms with Crippen LogP contribution in [0.25, 0.3) is 11.2 Å². The number of pyridine rings is 1. The maximum Gasteiger partial charge on any atom is 0.161 e. The third kappa shape index (κ3) is 0.845. The van der Waals surface area contributed by atoms with Gasteiger partial charge in [0.1, 0.15) is 5.52 Å². The number of anilines is 1. The smallest absolute Gasteiger partial charge is 0.161 e. The van der Waals surface area contributed by atoms with Crippen LogP contribution in [0.1, 0.15) is 6.92 Å². The molecule has 62 valence electrons. The van der Waals surface area contributed by atoms with Crippen molar-refractivity contribution in [3.8, 4) is 0 Å². The summed E-state index contributed by atoms with van der Waals surface area (Å²) in [4.78, 5) is 8.36. The molecule has 12 heavy (non-hydrogen) atoms. The third-order valence-corrected chi connectivity index (χ3v) is 1.88. The number of nitrogens with zero attached hydrogens (tertiary/aromatic N) is 3. The van der Waals surface area contributed by atoms with Crippen LogP contribution >= 0.6 is 0 Å². The average Bonchev–Trinajstić information content (AvgIpc) is 2.49. The lowest BCUT2D eigenvalue weighted by molar-refractivity contribution is 0.778. The average molecular weight is 162 g/mol. The van der Waals surface area contributed by atoms with E-state index in [0.717, 1.165) is 17.7 Å². The molecule has 0 atom stereocenters. The topological polar surface area (TPSA) is 56.7 Å². The molecule has 0 saturated carbocycles. The lowest BCUT2D eigenvalue weighted by Gasteiger charge is -1.97. The molecule has 2 aromatic rings. The highest BCUT2D eigenvalue weighted by molar-refractivity contribution is 5.83. The van der Waals surface area contributed by atoms with Gasteiger partial charge in [0, 0.05) is 12.7 Å². The number of imidazole rings is 1. The lowest BCUT2D eigenvalue weighted by Crippen LogP contribution is -1.94. The fraction of sp³-hybridized carbons (Fsp3) is 0.250. The van der Waals surface area contributed by atoms with Crippen molar-refractivity contribution in [2.75, 3.05) is 5.73 Å². The first-order valence-electron chi connectivity index (χ1n) is 3.88. The van der Waals surface area contributed by atoms with E-state index in [1.807, 2.05) is 11.5 Å². The van der Waals surface area contributed by atoms with Crippen molar-refractivity contribution in [2.45, 2.75) is 13.5 Å². The van der Waals surface area contributed by atoms with Gasteiger partial charge in [0.25, 0.3) is 0 Å². The normalized spacial score (nSPS) is 10.8. The van der Waals surface area contributed by atoms with Gasteiger partial charge < -0.3 is 10.3 Å². The van der Waals surface area contributed by atoms with Crippen LogP contribution in [0, 0.1) is 0 Å². The van der Waals surface area contributed by atoms with Gasteiger partial charge in [-0.3, -0.25) is 0 Å². The van der Waals surface area contributed by atoms with Crippen molar-refractivity contribution in [1.29, 1.82) is 0 Å². The van der Waals surface area contributed by atoms with Gasteiger partial charge in [0.2, 0.25) is 0 Å². The van der Waals surface area contributed by atoms with E-state index in [-0.39, 0.29) is 0 Å². The Morgan fingerprint density at radius 1 is 1.50 bits per heavy atom. The van der Waals surface area contributed by atoms with Gasteiger partial charge in [0.05, 0.1) is 12.0 Å². The largest absolute Gasteiger partial charge is 0.397 e. The summed E-state index contributed by atoms with van der Waals surface area (Å²) in [5, 5.41) is 0. The molecule has 4 heteroatoms. The molecule has 4 nitrogen and oxygen atoms in total. The predicted molar refractivity (Wildman–Crippen MR) is 47.6 cm³/mol. The number of aryl methyl sites for hydroxylation is 1. The van der Waals surface area contributed by atoms with Crippen LogP contribution in [0.15, 0.2) is 18.6 Å². The van der Waals surface area contributed by atoms with E-state index in [9.17, 15) is 0 Å². The number of hydrogen-bond donors (Lipinski definition) is 1. The molecule has 0 saturated heterocycles. The van der Waals surface area contributed by atoms with E-state index in [2.05, 4.69) is 9.97 Å². The lowest BCUT2D eigenvalue weighted by atomic mass is 10.4. The Hall–Kier alpha value is -1.58. The maximum absolute atomic E-state index is 5.71. The Morgan fingerprint density at radius 3 is 3.08 bits per heavy atom. The molecular formula is C8H10N4. The summed E-state index contributed by atoms with van der Waals surface area (Å²) >= 11 is 0. The number of rotatable bonds is 1. The monoisotopic (exact) mass is 162 g/mol. The number of aromatic nitrogens is 3. The number of nitrogen functional groups attached to an aromatic ring is 1. The minimum Gasteiger partial charge on any atom is -0.397 e. The first-order chi connectivity index (χ1) is 5.83. The van der Waals surface area contributed by atoms with E-state index < -0.39 is 0 Å². The third-order valence-electron chi connectivity index (χ3n) is 1.88. The molecule has 0 amide bonds. The van der Waals surface area contributed by atoms with Gasteiger partial charge in [-0.15, -0.1) is 0 Å². The van der Waals surface area contributed by atoms with E-state index in [0.29, 0.717) is 5.69 Å². The molecule has 0 aliphatic carbocycles. The highest BCUT2D eigenvalue weighted by Crippen LogP contribution is 2.15. The zero-order valence-electron chi connectivity index (χ0n) is 6.86. The minimum atomic E-state index is 0.687. The fourth-order valence-corrected chi connectivity index (χ4v) is 1.21. The van der Waals surface area contributed by atoms with Gasteiger partial charge in [-0.05, 0) is 13.0 Å². The fourth-order valence-electron chi connectivity index (χ4n) is 1.21. The van der Waals surface area contributed by atoms with E-state index in [1.54, 1.807) is 18.6 Å². The molecule has 0 unspecified atom stereocenters. The Balaban J connectivity index is 2.80. The molecule has 0 bridgehead atoms. The first kappa shape index (κ1) is 7.09. The molecule has 2 heterocycles. The van der Waals surface area contributed by atoms with Crippen LogP contribution in [0.4, 0.5) is 5.69 Å². The summed E-state index contributed by atoms with van der Waals surface area (Å²) in [6.45, 7) is 2.92. The highest BCUT2D eigenvalue weighted by Gasteiger charge is 2.03. The summed E-state index contributed by atoms with van der Waals surface area (Å²) in [7, 11) is 0. The Labute approximate surface area is 70.0 Å². The molecule has 0 aliphatic rings. The van der Waals surface area contributed by atoms with E-state index in [4.69, 9.17) is 5.73 Å². The second-order valence-corrected chi connectivity index (χ2v) is 2.60. The van der Waals surface area contributed by atoms with Crippen LogP contribution in [-0.4, -0.2) is 14.5 Å². The van der Waals surface area contributed by atoms with Crippen molar-refractivity contribution in [3.63, 3.8) is 0 Å². The maximum atomic E-state index is 5.71. The second kappa shape index (κ2) is 2.48. The molecular weight excluding hydrogens is 152 g/mol. The molecule has 0 radical (unpaired) electrons. The molecule has 0 aromatic carbocycles.